The maximum atomic E-state index is 11.6. The van der Waals surface area contributed by atoms with E-state index < -0.39 is 10.0 Å². The average Bonchev–Trinajstić information content (AvgIpc) is 2.71. The van der Waals surface area contributed by atoms with Gasteiger partial charge in [0.1, 0.15) is 11.9 Å². The van der Waals surface area contributed by atoms with Gasteiger partial charge in [0.2, 0.25) is 10.0 Å². The van der Waals surface area contributed by atoms with Crippen LogP contribution in [0.25, 0.3) is 0 Å². The molecule has 0 aliphatic rings. The van der Waals surface area contributed by atoms with Gasteiger partial charge in [-0.25, -0.2) is 13.1 Å². The van der Waals surface area contributed by atoms with Crippen molar-refractivity contribution in [3.63, 3.8) is 0 Å². The number of aryl methyl sites for hydroxylation is 1. The standard InChI is InChI=1S/C21H30N4O3S/c1-16-7-5-6-8-20(16)28-17(2)13-24-21(22-3)25-14-18-9-11-19(12-10-18)15-29(26,27)23-4/h5-12,17,23H,13-15H2,1-4H3,(H2,22,24,25). The molecule has 0 radical (unpaired) electrons. The third kappa shape index (κ3) is 7.75. The molecule has 2 rings (SSSR count). The second-order valence-electron chi connectivity index (χ2n) is 6.78. The minimum atomic E-state index is -3.26. The van der Waals surface area contributed by atoms with Crippen LogP contribution in [-0.4, -0.2) is 41.1 Å². The average molecular weight is 419 g/mol. The highest BCUT2D eigenvalue weighted by Gasteiger charge is 2.09. The quantitative estimate of drug-likeness (QED) is 0.429. The molecule has 158 valence electrons. The highest BCUT2D eigenvalue weighted by molar-refractivity contribution is 7.88. The van der Waals surface area contributed by atoms with E-state index in [0.717, 1.165) is 22.4 Å². The molecule has 29 heavy (non-hydrogen) atoms. The minimum absolute atomic E-state index is 0.0249. The van der Waals surface area contributed by atoms with E-state index in [4.69, 9.17) is 4.74 Å². The van der Waals surface area contributed by atoms with Crippen molar-refractivity contribution in [2.75, 3.05) is 20.6 Å². The predicted octanol–water partition coefficient (Wildman–Crippen LogP) is 2.18. The van der Waals surface area contributed by atoms with Crippen molar-refractivity contribution in [3.8, 4) is 5.75 Å². The van der Waals surface area contributed by atoms with Gasteiger partial charge in [-0.2, -0.15) is 0 Å². The number of hydrogen-bond donors (Lipinski definition) is 3. The lowest BCUT2D eigenvalue weighted by Gasteiger charge is -2.19. The summed E-state index contributed by atoms with van der Waals surface area (Å²) in [4.78, 5) is 4.23. The second-order valence-corrected chi connectivity index (χ2v) is 8.71. The largest absolute Gasteiger partial charge is 0.489 e. The lowest BCUT2D eigenvalue weighted by atomic mass is 10.1. The van der Waals surface area contributed by atoms with Crippen molar-refractivity contribution in [1.82, 2.24) is 15.4 Å². The Labute approximate surface area is 173 Å². The summed E-state index contributed by atoms with van der Waals surface area (Å²) in [6.07, 6.45) is -0.0249. The summed E-state index contributed by atoms with van der Waals surface area (Å²) in [5.41, 5.74) is 2.88. The summed E-state index contributed by atoms with van der Waals surface area (Å²) >= 11 is 0. The topological polar surface area (TPSA) is 91.8 Å². The van der Waals surface area contributed by atoms with Crippen LogP contribution >= 0.6 is 0 Å². The van der Waals surface area contributed by atoms with Gasteiger partial charge in [0.25, 0.3) is 0 Å². The molecule has 8 heteroatoms. The van der Waals surface area contributed by atoms with Crippen LogP contribution in [-0.2, 0) is 22.3 Å². The van der Waals surface area contributed by atoms with Crippen molar-refractivity contribution in [3.05, 3.63) is 65.2 Å². The van der Waals surface area contributed by atoms with Crippen molar-refractivity contribution >= 4 is 16.0 Å². The van der Waals surface area contributed by atoms with Gasteiger partial charge in [-0.15, -0.1) is 0 Å². The summed E-state index contributed by atoms with van der Waals surface area (Å²) in [6, 6.07) is 15.4. The maximum absolute atomic E-state index is 11.6. The molecule has 0 aromatic heterocycles. The summed E-state index contributed by atoms with van der Waals surface area (Å²) in [7, 11) is -0.131. The van der Waals surface area contributed by atoms with E-state index in [2.05, 4.69) is 20.3 Å². The lowest BCUT2D eigenvalue weighted by Crippen LogP contribution is -2.41. The molecule has 0 saturated carbocycles. The Bertz CT molecular complexity index is 912. The number of ether oxygens (including phenoxy) is 1. The van der Waals surface area contributed by atoms with E-state index in [1.807, 2.05) is 62.4 Å². The SMILES string of the molecule is CN=C(NCc1ccc(CS(=O)(=O)NC)cc1)NCC(C)Oc1ccccc1C. The molecular formula is C21H30N4O3S. The smallest absolute Gasteiger partial charge is 0.215 e. The number of nitrogens with one attached hydrogen (secondary N) is 3. The van der Waals surface area contributed by atoms with Crippen molar-refractivity contribution in [2.24, 2.45) is 4.99 Å². The molecule has 0 spiro atoms. The predicted molar refractivity (Wildman–Crippen MR) is 118 cm³/mol. The zero-order chi connectivity index (χ0) is 21.3. The zero-order valence-corrected chi connectivity index (χ0v) is 18.2. The Morgan fingerprint density at radius 2 is 1.72 bits per heavy atom. The van der Waals surface area contributed by atoms with Crippen LogP contribution in [0.3, 0.4) is 0 Å². The van der Waals surface area contributed by atoms with Crippen LogP contribution in [0, 0.1) is 6.92 Å². The highest BCUT2D eigenvalue weighted by atomic mass is 32.2. The first-order chi connectivity index (χ1) is 13.8. The van der Waals surface area contributed by atoms with Crippen LogP contribution < -0.4 is 20.1 Å². The molecular weight excluding hydrogens is 388 g/mol. The Hall–Kier alpha value is -2.58. The van der Waals surface area contributed by atoms with E-state index in [0.29, 0.717) is 19.0 Å². The fraction of sp³-hybridized carbons (Fsp3) is 0.381. The van der Waals surface area contributed by atoms with Crippen molar-refractivity contribution in [1.29, 1.82) is 0 Å². The van der Waals surface area contributed by atoms with Crippen molar-refractivity contribution < 1.29 is 13.2 Å². The van der Waals surface area contributed by atoms with Gasteiger partial charge in [-0.05, 0) is 43.7 Å². The van der Waals surface area contributed by atoms with Gasteiger partial charge in [-0.3, -0.25) is 4.99 Å². The third-order valence-corrected chi connectivity index (χ3v) is 5.69. The van der Waals surface area contributed by atoms with Gasteiger partial charge in [0, 0.05) is 13.6 Å². The fourth-order valence-electron chi connectivity index (χ4n) is 2.64. The number of aliphatic imine (C=N–C) groups is 1. The Morgan fingerprint density at radius 3 is 2.34 bits per heavy atom. The molecule has 2 aromatic carbocycles. The molecule has 0 fully saturated rings. The van der Waals surface area contributed by atoms with Crippen LogP contribution in [0.15, 0.2) is 53.5 Å². The van der Waals surface area contributed by atoms with Crippen molar-refractivity contribution in [2.45, 2.75) is 32.2 Å². The zero-order valence-electron chi connectivity index (χ0n) is 17.4. The van der Waals surface area contributed by atoms with Gasteiger partial charge in [-0.1, -0.05) is 42.5 Å². The third-order valence-electron chi connectivity index (χ3n) is 4.35. The molecule has 2 aromatic rings. The molecule has 0 aliphatic carbocycles. The number of benzene rings is 2. The summed E-state index contributed by atoms with van der Waals surface area (Å²) in [6.45, 7) is 5.21. The van der Waals surface area contributed by atoms with Crippen LogP contribution in [0.2, 0.25) is 0 Å². The van der Waals surface area contributed by atoms with E-state index in [1.54, 1.807) is 7.05 Å². The summed E-state index contributed by atoms with van der Waals surface area (Å²) in [5.74, 6) is 1.52. The van der Waals surface area contributed by atoms with Gasteiger partial charge >= 0.3 is 0 Å². The Balaban J connectivity index is 1.80. The second kappa shape index (κ2) is 10.8. The van der Waals surface area contributed by atoms with Crippen LogP contribution in [0.4, 0.5) is 0 Å². The molecule has 3 N–H and O–H groups in total. The summed E-state index contributed by atoms with van der Waals surface area (Å²) in [5, 5.41) is 6.50. The molecule has 1 unspecified atom stereocenters. The number of para-hydroxylation sites is 1. The van der Waals surface area contributed by atoms with Crippen LogP contribution in [0.1, 0.15) is 23.6 Å². The van der Waals surface area contributed by atoms with Crippen LogP contribution in [0.5, 0.6) is 5.75 Å². The van der Waals surface area contributed by atoms with E-state index in [-0.39, 0.29) is 11.9 Å². The molecule has 0 saturated heterocycles. The monoisotopic (exact) mass is 418 g/mol. The fourth-order valence-corrected chi connectivity index (χ4v) is 3.41. The number of sulfonamides is 1. The Kier molecular flexibility index (Phi) is 8.48. The first-order valence-electron chi connectivity index (χ1n) is 9.49. The normalized spacial score (nSPS) is 13.0. The molecule has 7 nitrogen and oxygen atoms in total. The number of hydrogen-bond acceptors (Lipinski definition) is 4. The Morgan fingerprint density at radius 1 is 1.07 bits per heavy atom. The molecule has 0 heterocycles. The maximum Gasteiger partial charge on any atom is 0.215 e. The van der Waals surface area contributed by atoms with Gasteiger partial charge < -0.3 is 15.4 Å². The van der Waals surface area contributed by atoms with E-state index in [1.165, 1.54) is 7.05 Å². The van der Waals surface area contributed by atoms with Gasteiger partial charge in [0.15, 0.2) is 5.96 Å². The first kappa shape index (κ1) is 22.7. The van der Waals surface area contributed by atoms with E-state index >= 15 is 0 Å². The number of rotatable bonds is 9. The number of guanidine groups is 1. The first-order valence-corrected chi connectivity index (χ1v) is 11.1. The minimum Gasteiger partial charge on any atom is -0.489 e. The number of nitrogens with zero attached hydrogens (tertiary/aromatic N) is 1. The lowest BCUT2D eigenvalue weighted by molar-refractivity contribution is 0.222. The molecule has 0 amide bonds. The van der Waals surface area contributed by atoms with Gasteiger partial charge in [0.05, 0.1) is 12.3 Å². The molecule has 1 atom stereocenters. The highest BCUT2D eigenvalue weighted by Crippen LogP contribution is 2.17. The van der Waals surface area contributed by atoms with E-state index in [9.17, 15) is 8.42 Å². The molecule has 0 bridgehead atoms. The summed E-state index contributed by atoms with van der Waals surface area (Å²) < 4.78 is 31.5. The molecule has 0 aliphatic heterocycles.